The minimum Gasteiger partial charge on any atom is -0.481 e. The molecule has 1 aromatic carbocycles. The molecule has 0 radical (unpaired) electrons. The van der Waals surface area contributed by atoms with Crippen molar-refractivity contribution in [3.63, 3.8) is 0 Å². The molecule has 122 valence electrons. The highest BCUT2D eigenvalue weighted by Crippen LogP contribution is 2.26. The van der Waals surface area contributed by atoms with Crippen molar-refractivity contribution in [1.82, 2.24) is 15.4 Å². The highest BCUT2D eigenvalue weighted by atomic mass is 16.5. The topological polar surface area (TPSA) is 93.0 Å². The first kappa shape index (κ1) is 15.6. The SMILES string of the molecule is CC#CCOc1ccc2[nH]nc(NC(=O)c3c(C)noc3C)c2c1. The fraction of sp³-hybridized carbons (Fsp3) is 0.235. The molecular weight excluding hydrogens is 308 g/mol. The third-order valence-corrected chi connectivity index (χ3v) is 3.51. The number of nitrogens with zero attached hydrogens (tertiary/aromatic N) is 2. The van der Waals surface area contributed by atoms with Crippen LogP contribution in [0.3, 0.4) is 0 Å². The number of aromatic nitrogens is 3. The van der Waals surface area contributed by atoms with Gasteiger partial charge in [-0.1, -0.05) is 11.1 Å². The van der Waals surface area contributed by atoms with Crippen molar-refractivity contribution in [3.8, 4) is 17.6 Å². The lowest BCUT2D eigenvalue weighted by Gasteiger charge is -2.04. The van der Waals surface area contributed by atoms with E-state index in [0.29, 0.717) is 35.2 Å². The third kappa shape index (κ3) is 2.94. The van der Waals surface area contributed by atoms with Crippen LogP contribution in [-0.2, 0) is 0 Å². The number of hydrogen-bond donors (Lipinski definition) is 2. The molecule has 0 saturated carbocycles. The zero-order chi connectivity index (χ0) is 17.1. The van der Waals surface area contributed by atoms with Gasteiger partial charge in [0.05, 0.1) is 11.2 Å². The first-order chi connectivity index (χ1) is 11.6. The molecular formula is C17H16N4O3. The number of fused-ring (bicyclic) bond motifs is 1. The molecule has 7 heteroatoms. The zero-order valence-corrected chi connectivity index (χ0v) is 13.6. The van der Waals surface area contributed by atoms with Gasteiger partial charge in [-0.15, -0.1) is 5.92 Å². The van der Waals surface area contributed by atoms with Crippen molar-refractivity contribution >= 4 is 22.6 Å². The van der Waals surface area contributed by atoms with Crippen molar-refractivity contribution < 1.29 is 14.1 Å². The molecule has 3 rings (SSSR count). The molecule has 1 amide bonds. The molecule has 24 heavy (non-hydrogen) atoms. The van der Waals surface area contributed by atoms with Gasteiger partial charge >= 0.3 is 0 Å². The van der Waals surface area contributed by atoms with Gasteiger partial charge in [-0.25, -0.2) is 0 Å². The molecule has 0 atom stereocenters. The first-order valence-electron chi connectivity index (χ1n) is 7.35. The van der Waals surface area contributed by atoms with Crippen LogP contribution in [0.4, 0.5) is 5.82 Å². The summed E-state index contributed by atoms with van der Waals surface area (Å²) in [5.41, 5.74) is 1.74. The number of amides is 1. The van der Waals surface area contributed by atoms with Gasteiger partial charge in [-0.3, -0.25) is 9.89 Å². The van der Waals surface area contributed by atoms with Gasteiger partial charge in [0, 0.05) is 5.39 Å². The van der Waals surface area contributed by atoms with Crippen molar-refractivity contribution in [3.05, 3.63) is 35.2 Å². The highest BCUT2D eigenvalue weighted by Gasteiger charge is 2.19. The fourth-order valence-corrected chi connectivity index (χ4v) is 2.35. The van der Waals surface area contributed by atoms with Gasteiger partial charge in [0.25, 0.3) is 5.91 Å². The molecule has 0 fully saturated rings. The summed E-state index contributed by atoms with van der Waals surface area (Å²) in [6.07, 6.45) is 0. The summed E-state index contributed by atoms with van der Waals surface area (Å²) in [5, 5.41) is 14.3. The predicted molar refractivity (Wildman–Crippen MR) is 89.0 cm³/mol. The van der Waals surface area contributed by atoms with Crippen molar-refractivity contribution in [1.29, 1.82) is 0 Å². The molecule has 7 nitrogen and oxygen atoms in total. The zero-order valence-electron chi connectivity index (χ0n) is 13.6. The molecule has 2 N–H and O–H groups in total. The number of ether oxygens (including phenoxy) is 1. The van der Waals surface area contributed by atoms with Gasteiger partial charge in [0.1, 0.15) is 23.7 Å². The van der Waals surface area contributed by atoms with Crippen LogP contribution in [-0.4, -0.2) is 27.9 Å². The Labute approximate surface area is 138 Å². The van der Waals surface area contributed by atoms with Crippen LogP contribution >= 0.6 is 0 Å². The maximum atomic E-state index is 12.4. The maximum Gasteiger partial charge on any atom is 0.262 e. The molecule has 0 aliphatic heterocycles. The largest absolute Gasteiger partial charge is 0.481 e. The quantitative estimate of drug-likeness (QED) is 0.720. The molecule has 2 heterocycles. The highest BCUT2D eigenvalue weighted by molar-refractivity contribution is 6.09. The summed E-state index contributed by atoms with van der Waals surface area (Å²) in [5.74, 6) is 6.82. The Morgan fingerprint density at radius 3 is 2.96 bits per heavy atom. The fourth-order valence-electron chi connectivity index (χ4n) is 2.35. The molecule has 0 bridgehead atoms. The minimum absolute atomic E-state index is 0.306. The van der Waals surface area contributed by atoms with Crippen LogP contribution in [0, 0.1) is 25.7 Å². The Hall–Kier alpha value is -3.27. The van der Waals surface area contributed by atoms with Crippen molar-refractivity contribution in [2.45, 2.75) is 20.8 Å². The number of carbonyl (C=O) groups excluding carboxylic acids is 1. The van der Waals surface area contributed by atoms with Gasteiger partial charge in [-0.05, 0) is 39.0 Å². The number of nitrogens with one attached hydrogen (secondary N) is 2. The number of aromatic amines is 1. The predicted octanol–water partition coefficient (Wildman–Crippen LogP) is 2.82. The van der Waals surface area contributed by atoms with E-state index in [2.05, 4.69) is 32.5 Å². The van der Waals surface area contributed by atoms with Crippen LogP contribution < -0.4 is 10.1 Å². The van der Waals surface area contributed by atoms with E-state index in [0.717, 1.165) is 10.9 Å². The van der Waals surface area contributed by atoms with Gasteiger partial charge in [0.15, 0.2) is 5.82 Å². The summed E-state index contributed by atoms with van der Waals surface area (Å²) in [7, 11) is 0. The number of benzene rings is 1. The van der Waals surface area contributed by atoms with Crippen LogP contribution in [0.5, 0.6) is 5.75 Å². The number of hydrogen-bond acceptors (Lipinski definition) is 5. The summed E-state index contributed by atoms with van der Waals surface area (Å²) in [6.45, 7) is 5.47. The summed E-state index contributed by atoms with van der Waals surface area (Å²) < 4.78 is 10.6. The van der Waals surface area contributed by atoms with E-state index in [1.165, 1.54) is 0 Å². The number of aryl methyl sites for hydroxylation is 2. The summed E-state index contributed by atoms with van der Waals surface area (Å²) in [6, 6.07) is 5.46. The molecule has 0 unspecified atom stereocenters. The average molecular weight is 324 g/mol. The van der Waals surface area contributed by atoms with Crippen LogP contribution in [0.15, 0.2) is 22.7 Å². The number of H-pyrrole nitrogens is 1. The lowest BCUT2D eigenvalue weighted by Crippen LogP contribution is -2.14. The normalized spacial score (nSPS) is 10.3. The number of carbonyl (C=O) groups is 1. The molecule has 0 aliphatic rings. The van der Waals surface area contributed by atoms with Gasteiger partial charge < -0.3 is 14.6 Å². The van der Waals surface area contributed by atoms with E-state index in [4.69, 9.17) is 9.26 Å². The molecule has 2 aromatic heterocycles. The van der Waals surface area contributed by atoms with Gasteiger partial charge in [-0.2, -0.15) is 5.10 Å². The minimum atomic E-state index is -0.317. The van der Waals surface area contributed by atoms with Crippen LogP contribution in [0.2, 0.25) is 0 Å². The summed E-state index contributed by atoms with van der Waals surface area (Å²) in [4.78, 5) is 12.4. The Morgan fingerprint density at radius 1 is 1.42 bits per heavy atom. The Balaban J connectivity index is 1.87. The van der Waals surface area contributed by atoms with E-state index in [1.54, 1.807) is 26.8 Å². The van der Waals surface area contributed by atoms with Crippen molar-refractivity contribution in [2.75, 3.05) is 11.9 Å². The van der Waals surface area contributed by atoms with E-state index < -0.39 is 0 Å². The monoisotopic (exact) mass is 324 g/mol. The number of rotatable bonds is 4. The second-order valence-electron chi connectivity index (χ2n) is 5.15. The molecule has 0 spiro atoms. The van der Waals surface area contributed by atoms with Crippen LogP contribution in [0.1, 0.15) is 28.7 Å². The Bertz CT molecular complexity index is 940. The maximum absolute atomic E-state index is 12.4. The first-order valence-corrected chi connectivity index (χ1v) is 7.35. The van der Waals surface area contributed by atoms with E-state index in [-0.39, 0.29) is 5.91 Å². The Morgan fingerprint density at radius 2 is 2.25 bits per heavy atom. The van der Waals surface area contributed by atoms with E-state index >= 15 is 0 Å². The van der Waals surface area contributed by atoms with E-state index in [9.17, 15) is 4.79 Å². The molecule has 0 saturated heterocycles. The molecule has 0 aliphatic carbocycles. The van der Waals surface area contributed by atoms with Gasteiger partial charge in [0.2, 0.25) is 0 Å². The number of anilines is 1. The van der Waals surface area contributed by atoms with Crippen molar-refractivity contribution in [2.24, 2.45) is 0 Å². The second-order valence-corrected chi connectivity index (χ2v) is 5.15. The van der Waals surface area contributed by atoms with E-state index in [1.807, 2.05) is 12.1 Å². The third-order valence-electron chi connectivity index (χ3n) is 3.51. The summed E-state index contributed by atoms with van der Waals surface area (Å²) >= 11 is 0. The lowest BCUT2D eigenvalue weighted by atomic mass is 10.2. The van der Waals surface area contributed by atoms with Crippen LogP contribution in [0.25, 0.3) is 10.9 Å². The second kappa shape index (κ2) is 6.46. The molecule has 3 aromatic rings. The lowest BCUT2D eigenvalue weighted by molar-refractivity contribution is 0.102. The standard InChI is InChI=1S/C17H16N4O3/c1-4-5-8-23-12-6-7-14-13(9-12)16(20-19-14)18-17(22)15-10(2)21-24-11(15)3/h6-7,9H,8H2,1-3H3,(H2,18,19,20,22). The Kier molecular flexibility index (Phi) is 4.20. The average Bonchev–Trinajstić information content (AvgIpc) is 3.11. The smallest absolute Gasteiger partial charge is 0.262 e.